The Morgan fingerprint density at radius 1 is 1.41 bits per heavy atom. The van der Waals surface area contributed by atoms with Crippen molar-refractivity contribution in [1.82, 2.24) is 4.90 Å². The molecule has 1 fully saturated rings. The maximum absolute atomic E-state index is 10.3. The smallest absolute Gasteiger partial charge is 0.162 e. The van der Waals surface area contributed by atoms with Gasteiger partial charge in [0.05, 0.1) is 12.4 Å². The zero-order valence-electron chi connectivity index (χ0n) is 12.5. The highest BCUT2D eigenvalue weighted by Crippen LogP contribution is 2.31. The van der Waals surface area contributed by atoms with Crippen LogP contribution in [0.3, 0.4) is 0 Å². The number of hydrogen-bond acceptors (Lipinski definition) is 9. The number of fused-ring (bicyclic) bond motifs is 1. The first-order valence-electron chi connectivity index (χ1n) is 7.33. The van der Waals surface area contributed by atoms with E-state index in [0.29, 0.717) is 12.4 Å². The summed E-state index contributed by atoms with van der Waals surface area (Å²) >= 11 is 0. The van der Waals surface area contributed by atoms with Crippen LogP contribution in [-0.2, 0) is 9.47 Å². The Morgan fingerprint density at radius 3 is 2.91 bits per heavy atom. The van der Waals surface area contributed by atoms with Crippen molar-refractivity contribution < 1.29 is 19.7 Å². The third-order valence-corrected chi connectivity index (χ3v) is 4.14. The first-order valence-corrected chi connectivity index (χ1v) is 7.33. The third-order valence-electron chi connectivity index (χ3n) is 4.14. The minimum atomic E-state index is -1.09. The molecule has 3 unspecified atom stereocenters. The van der Waals surface area contributed by atoms with Crippen molar-refractivity contribution in [2.45, 2.75) is 56.7 Å². The summed E-state index contributed by atoms with van der Waals surface area (Å²) in [5.74, 6) is 0.367. The van der Waals surface area contributed by atoms with Crippen LogP contribution in [-0.4, -0.2) is 83.1 Å². The molecule has 0 aromatic rings. The maximum atomic E-state index is 10.3. The molecule has 3 aliphatic rings. The standard InChI is InChI=1S/C13H21N5O4/c1-3-21-6(2)10-8(19)9(20)13(22-10)18-5-17-7-11(14)15-4-16-12(7)18/h4-10,12-13,19-20H,3H2,1-2H3,(H2,14,15,16)/t6?,7?,8-,9+,10+,12?,13+/m0/s1. The van der Waals surface area contributed by atoms with Gasteiger partial charge in [0.25, 0.3) is 0 Å². The monoisotopic (exact) mass is 311 g/mol. The molecule has 0 spiro atoms. The predicted octanol–water partition coefficient (Wildman–Crippen LogP) is -1.70. The second-order valence-electron chi connectivity index (χ2n) is 5.52. The van der Waals surface area contributed by atoms with Gasteiger partial charge in [-0.1, -0.05) is 0 Å². The van der Waals surface area contributed by atoms with Crippen molar-refractivity contribution in [3.05, 3.63) is 0 Å². The number of amidine groups is 1. The van der Waals surface area contributed by atoms with Crippen molar-refractivity contribution in [2.75, 3.05) is 6.61 Å². The average molecular weight is 311 g/mol. The third kappa shape index (κ3) is 2.39. The van der Waals surface area contributed by atoms with Gasteiger partial charge in [0.1, 0.15) is 36.5 Å². The van der Waals surface area contributed by atoms with Crippen LogP contribution in [0.15, 0.2) is 15.0 Å². The Hall–Kier alpha value is -1.55. The summed E-state index contributed by atoms with van der Waals surface area (Å²) in [6.07, 6.45) is -1.35. The summed E-state index contributed by atoms with van der Waals surface area (Å²) in [6, 6.07) is -0.388. The summed E-state index contributed by atoms with van der Waals surface area (Å²) in [7, 11) is 0. The van der Waals surface area contributed by atoms with Crippen LogP contribution in [0.2, 0.25) is 0 Å². The van der Waals surface area contributed by atoms with Crippen LogP contribution in [0.25, 0.3) is 0 Å². The van der Waals surface area contributed by atoms with Crippen molar-refractivity contribution in [2.24, 2.45) is 20.7 Å². The van der Waals surface area contributed by atoms with Gasteiger partial charge in [-0.2, -0.15) is 0 Å². The summed E-state index contributed by atoms with van der Waals surface area (Å²) < 4.78 is 11.3. The van der Waals surface area contributed by atoms with Crippen molar-refractivity contribution in [3.8, 4) is 0 Å². The molecular formula is C13H21N5O4. The Bertz CT molecular complexity index is 511. The van der Waals surface area contributed by atoms with Crippen LogP contribution >= 0.6 is 0 Å². The molecule has 0 aliphatic carbocycles. The van der Waals surface area contributed by atoms with Gasteiger partial charge < -0.3 is 30.3 Å². The Morgan fingerprint density at radius 2 is 2.18 bits per heavy atom. The van der Waals surface area contributed by atoms with Gasteiger partial charge in [-0.3, -0.25) is 4.99 Å². The summed E-state index contributed by atoms with van der Waals surface area (Å²) in [5, 5.41) is 20.5. The van der Waals surface area contributed by atoms with Crippen LogP contribution in [0, 0.1) is 0 Å². The van der Waals surface area contributed by atoms with E-state index in [1.165, 1.54) is 12.7 Å². The molecule has 122 valence electrons. The SMILES string of the molecule is CCOC(C)[C@H]1O[C@@H](N2C=NC3C(N)=NC=NC32)[C@H](O)[C@@H]1O. The molecule has 0 saturated carbocycles. The van der Waals surface area contributed by atoms with Gasteiger partial charge in [-0.15, -0.1) is 0 Å². The maximum Gasteiger partial charge on any atom is 0.162 e. The second-order valence-corrected chi connectivity index (χ2v) is 5.52. The van der Waals surface area contributed by atoms with E-state index in [1.807, 2.05) is 6.92 Å². The Balaban J connectivity index is 1.75. The van der Waals surface area contributed by atoms with E-state index < -0.39 is 30.7 Å². The molecule has 3 rings (SSSR count). The van der Waals surface area contributed by atoms with Gasteiger partial charge in [-0.05, 0) is 13.8 Å². The summed E-state index contributed by atoms with van der Waals surface area (Å²) in [5.41, 5.74) is 5.80. The number of rotatable bonds is 4. The lowest BCUT2D eigenvalue weighted by Gasteiger charge is -2.32. The number of hydrogen-bond donors (Lipinski definition) is 3. The molecule has 9 nitrogen and oxygen atoms in total. The lowest BCUT2D eigenvalue weighted by Crippen LogP contribution is -2.51. The lowest BCUT2D eigenvalue weighted by atomic mass is 10.1. The molecular weight excluding hydrogens is 290 g/mol. The molecule has 7 atom stereocenters. The molecule has 0 bridgehead atoms. The zero-order valence-corrected chi connectivity index (χ0v) is 12.5. The first kappa shape index (κ1) is 15.3. The molecule has 0 aromatic heterocycles. The number of nitrogens with zero attached hydrogens (tertiary/aromatic N) is 4. The molecule has 1 saturated heterocycles. The summed E-state index contributed by atoms with van der Waals surface area (Å²) in [6.45, 7) is 4.17. The highest BCUT2D eigenvalue weighted by atomic mass is 16.6. The molecule has 3 heterocycles. The van der Waals surface area contributed by atoms with Crippen LogP contribution in [0.4, 0.5) is 0 Å². The van der Waals surface area contributed by atoms with Gasteiger partial charge in [-0.25, -0.2) is 9.98 Å². The fourth-order valence-corrected chi connectivity index (χ4v) is 2.98. The molecule has 0 aromatic carbocycles. The zero-order chi connectivity index (χ0) is 15.9. The van der Waals surface area contributed by atoms with Crippen LogP contribution < -0.4 is 5.73 Å². The highest BCUT2D eigenvalue weighted by molar-refractivity contribution is 5.96. The lowest BCUT2D eigenvalue weighted by molar-refractivity contribution is -0.111. The molecule has 4 N–H and O–H groups in total. The normalized spacial score (nSPS) is 41.6. The van der Waals surface area contributed by atoms with Gasteiger partial charge in [0, 0.05) is 6.61 Å². The van der Waals surface area contributed by atoms with Crippen molar-refractivity contribution in [3.63, 3.8) is 0 Å². The molecule has 3 aliphatic heterocycles. The Labute approximate surface area is 128 Å². The largest absolute Gasteiger partial charge is 0.387 e. The topological polar surface area (TPSA) is 125 Å². The average Bonchev–Trinajstić information content (AvgIpc) is 3.03. The van der Waals surface area contributed by atoms with E-state index in [2.05, 4.69) is 15.0 Å². The van der Waals surface area contributed by atoms with E-state index in [4.69, 9.17) is 15.2 Å². The van der Waals surface area contributed by atoms with Gasteiger partial charge in [0.15, 0.2) is 12.4 Å². The molecule has 0 amide bonds. The van der Waals surface area contributed by atoms with Gasteiger partial charge >= 0.3 is 0 Å². The van der Waals surface area contributed by atoms with E-state index in [0.717, 1.165) is 0 Å². The van der Waals surface area contributed by atoms with E-state index in [-0.39, 0.29) is 12.1 Å². The van der Waals surface area contributed by atoms with Crippen LogP contribution in [0.5, 0.6) is 0 Å². The van der Waals surface area contributed by atoms with E-state index >= 15 is 0 Å². The van der Waals surface area contributed by atoms with Crippen LogP contribution in [0.1, 0.15) is 13.8 Å². The predicted molar refractivity (Wildman–Crippen MR) is 79.8 cm³/mol. The number of ether oxygens (including phenoxy) is 2. The quantitative estimate of drug-likeness (QED) is 0.568. The number of aliphatic hydroxyl groups is 2. The van der Waals surface area contributed by atoms with Crippen molar-refractivity contribution in [1.29, 1.82) is 0 Å². The van der Waals surface area contributed by atoms with E-state index in [1.54, 1.807) is 11.8 Å². The molecule has 22 heavy (non-hydrogen) atoms. The Kier molecular flexibility index (Phi) is 4.13. The minimum Gasteiger partial charge on any atom is -0.387 e. The molecule has 9 heteroatoms. The molecule has 0 radical (unpaired) electrons. The fourth-order valence-electron chi connectivity index (χ4n) is 2.98. The summed E-state index contributed by atoms with van der Waals surface area (Å²) in [4.78, 5) is 14.1. The number of aliphatic hydroxyl groups excluding tert-OH is 2. The minimum absolute atomic E-state index is 0.337. The highest BCUT2D eigenvalue weighted by Gasteiger charge is 2.51. The number of nitrogens with two attached hydrogens (primary N) is 1. The van der Waals surface area contributed by atoms with Gasteiger partial charge in [0.2, 0.25) is 0 Å². The van der Waals surface area contributed by atoms with Crippen molar-refractivity contribution >= 4 is 18.5 Å². The first-order chi connectivity index (χ1) is 10.5. The second kappa shape index (κ2) is 5.92. The fraction of sp³-hybridized carbons (Fsp3) is 0.769. The van der Waals surface area contributed by atoms with E-state index in [9.17, 15) is 10.2 Å². The number of aliphatic imine (C=N–C) groups is 3.